The van der Waals surface area contributed by atoms with E-state index in [4.69, 9.17) is 0 Å². The molecule has 25 heavy (non-hydrogen) atoms. The molecule has 0 spiro atoms. The Kier molecular flexibility index (Phi) is 5.78. The number of benzene rings is 1. The summed E-state index contributed by atoms with van der Waals surface area (Å²) in [5.41, 5.74) is 1.02. The Morgan fingerprint density at radius 1 is 1.20 bits per heavy atom. The summed E-state index contributed by atoms with van der Waals surface area (Å²) >= 11 is 2.90. The van der Waals surface area contributed by atoms with Gasteiger partial charge in [0.1, 0.15) is 16.2 Å². The van der Waals surface area contributed by atoms with Gasteiger partial charge in [-0.1, -0.05) is 42.1 Å². The van der Waals surface area contributed by atoms with Crippen LogP contribution in [0.2, 0.25) is 0 Å². The van der Waals surface area contributed by atoms with Gasteiger partial charge in [-0.15, -0.1) is 11.3 Å². The standard InChI is InChI=1S/C18H17N3O2S2/c1-12(22)15(9-13-5-3-2-4-6-13)21-16(23)10-25-18-14-7-8-24-17(14)19-11-20-18/h2-8,11,15H,9-10H2,1H3,(H,21,23)/t15-/m1/s1. The van der Waals surface area contributed by atoms with Crippen molar-refractivity contribution in [1.29, 1.82) is 0 Å². The van der Waals surface area contributed by atoms with Crippen molar-refractivity contribution >= 4 is 45.0 Å². The average molecular weight is 371 g/mol. The second kappa shape index (κ2) is 8.22. The third-order valence-corrected chi connectivity index (χ3v) is 5.50. The fraction of sp³-hybridized carbons (Fsp3) is 0.222. The topological polar surface area (TPSA) is 72.0 Å². The van der Waals surface area contributed by atoms with Crippen molar-refractivity contribution in [2.75, 3.05) is 5.75 Å². The van der Waals surface area contributed by atoms with Crippen LogP contribution in [0.15, 0.2) is 53.1 Å². The quantitative estimate of drug-likeness (QED) is 0.510. The van der Waals surface area contributed by atoms with Gasteiger partial charge in [-0.25, -0.2) is 9.97 Å². The summed E-state index contributed by atoms with van der Waals surface area (Å²) in [7, 11) is 0. The van der Waals surface area contributed by atoms with Gasteiger partial charge in [0.15, 0.2) is 5.78 Å². The molecule has 5 nitrogen and oxygen atoms in total. The van der Waals surface area contributed by atoms with Crippen molar-refractivity contribution in [3.8, 4) is 0 Å². The number of ketones is 1. The monoisotopic (exact) mass is 371 g/mol. The summed E-state index contributed by atoms with van der Waals surface area (Å²) in [6, 6.07) is 11.1. The number of carbonyl (C=O) groups excluding carboxylic acids is 2. The molecule has 3 aromatic rings. The highest BCUT2D eigenvalue weighted by molar-refractivity contribution is 8.00. The van der Waals surface area contributed by atoms with Crippen LogP contribution in [0.4, 0.5) is 0 Å². The van der Waals surface area contributed by atoms with Crippen molar-refractivity contribution in [2.24, 2.45) is 0 Å². The molecular formula is C18H17N3O2S2. The highest BCUT2D eigenvalue weighted by Crippen LogP contribution is 2.27. The van der Waals surface area contributed by atoms with E-state index in [1.54, 1.807) is 11.3 Å². The molecule has 0 aliphatic carbocycles. The van der Waals surface area contributed by atoms with E-state index in [1.807, 2.05) is 41.8 Å². The van der Waals surface area contributed by atoms with E-state index in [1.165, 1.54) is 25.0 Å². The normalized spacial score (nSPS) is 12.0. The second-order valence-corrected chi connectivity index (χ2v) is 7.39. The van der Waals surface area contributed by atoms with E-state index in [-0.39, 0.29) is 17.4 Å². The lowest BCUT2D eigenvalue weighted by atomic mass is 10.0. The molecule has 0 fully saturated rings. The Morgan fingerprint density at radius 2 is 2.00 bits per heavy atom. The molecule has 0 aliphatic rings. The molecular weight excluding hydrogens is 354 g/mol. The maximum atomic E-state index is 12.3. The van der Waals surface area contributed by atoms with Crippen LogP contribution in [0.3, 0.4) is 0 Å². The fourth-order valence-electron chi connectivity index (χ4n) is 2.40. The van der Waals surface area contributed by atoms with Crippen molar-refractivity contribution < 1.29 is 9.59 Å². The zero-order valence-electron chi connectivity index (χ0n) is 13.6. The fourth-order valence-corrected chi connectivity index (χ4v) is 3.99. The lowest BCUT2D eigenvalue weighted by molar-refractivity contribution is -0.125. The Balaban J connectivity index is 1.60. The third kappa shape index (κ3) is 4.64. The van der Waals surface area contributed by atoms with Crippen LogP contribution < -0.4 is 5.32 Å². The van der Waals surface area contributed by atoms with Gasteiger partial charge in [0.25, 0.3) is 0 Å². The van der Waals surface area contributed by atoms with Crippen LogP contribution >= 0.6 is 23.1 Å². The van der Waals surface area contributed by atoms with E-state index in [0.717, 1.165) is 20.8 Å². The maximum Gasteiger partial charge on any atom is 0.231 e. The van der Waals surface area contributed by atoms with E-state index >= 15 is 0 Å². The number of hydrogen-bond donors (Lipinski definition) is 1. The largest absolute Gasteiger partial charge is 0.345 e. The minimum Gasteiger partial charge on any atom is -0.345 e. The number of thioether (sulfide) groups is 1. The average Bonchev–Trinajstić information content (AvgIpc) is 3.09. The number of thiophene rings is 1. The van der Waals surface area contributed by atoms with E-state index in [0.29, 0.717) is 6.42 Å². The zero-order valence-corrected chi connectivity index (χ0v) is 15.3. The molecule has 1 amide bonds. The third-order valence-electron chi connectivity index (χ3n) is 3.67. The van der Waals surface area contributed by atoms with Gasteiger partial charge < -0.3 is 5.32 Å². The van der Waals surface area contributed by atoms with Crippen LogP contribution in [-0.4, -0.2) is 33.5 Å². The zero-order chi connectivity index (χ0) is 17.6. The molecule has 0 saturated heterocycles. The number of fused-ring (bicyclic) bond motifs is 1. The Hall–Kier alpha value is -2.25. The SMILES string of the molecule is CC(=O)[C@@H](Cc1ccccc1)NC(=O)CSc1ncnc2sccc12. The maximum absolute atomic E-state index is 12.3. The minimum atomic E-state index is -0.512. The van der Waals surface area contributed by atoms with Gasteiger partial charge in [-0.05, 0) is 30.4 Å². The first-order chi connectivity index (χ1) is 12.1. The number of nitrogens with zero attached hydrogens (tertiary/aromatic N) is 2. The Morgan fingerprint density at radius 3 is 2.76 bits per heavy atom. The number of carbonyl (C=O) groups is 2. The predicted octanol–water partition coefficient (Wildman–Crippen LogP) is 3.10. The number of aromatic nitrogens is 2. The molecule has 0 aliphatic heterocycles. The number of Topliss-reactive ketones (excluding diaryl/α,β-unsaturated/α-hetero) is 1. The molecule has 3 rings (SSSR count). The molecule has 0 bridgehead atoms. The number of hydrogen-bond acceptors (Lipinski definition) is 6. The van der Waals surface area contributed by atoms with Crippen LogP contribution in [0.1, 0.15) is 12.5 Å². The molecule has 7 heteroatoms. The highest BCUT2D eigenvalue weighted by Gasteiger charge is 2.18. The smallest absolute Gasteiger partial charge is 0.231 e. The molecule has 1 aromatic carbocycles. The van der Waals surface area contributed by atoms with Crippen LogP contribution in [0.25, 0.3) is 10.2 Å². The first kappa shape index (κ1) is 17.6. The predicted molar refractivity (Wildman–Crippen MR) is 101 cm³/mol. The van der Waals surface area contributed by atoms with Crippen molar-refractivity contribution in [3.05, 3.63) is 53.7 Å². The molecule has 2 aromatic heterocycles. The van der Waals surface area contributed by atoms with Gasteiger partial charge in [0, 0.05) is 5.39 Å². The second-order valence-electron chi connectivity index (χ2n) is 5.53. The molecule has 2 heterocycles. The van der Waals surface area contributed by atoms with Crippen molar-refractivity contribution in [1.82, 2.24) is 15.3 Å². The molecule has 0 saturated carbocycles. The Bertz CT molecular complexity index is 880. The van der Waals surface area contributed by atoms with Gasteiger partial charge in [0.2, 0.25) is 5.91 Å². The lowest BCUT2D eigenvalue weighted by Gasteiger charge is -2.16. The van der Waals surface area contributed by atoms with Crippen LogP contribution in [0.5, 0.6) is 0 Å². The summed E-state index contributed by atoms with van der Waals surface area (Å²) in [4.78, 5) is 33.5. The van der Waals surface area contributed by atoms with E-state index in [2.05, 4.69) is 15.3 Å². The van der Waals surface area contributed by atoms with E-state index in [9.17, 15) is 9.59 Å². The van der Waals surface area contributed by atoms with Crippen LogP contribution in [0, 0.1) is 0 Å². The number of amides is 1. The lowest BCUT2D eigenvalue weighted by Crippen LogP contribution is -2.42. The number of nitrogens with one attached hydrogen (secondary N) is 1. The van der Waals surface area contributed by atoms with Gasteiger partial charge in [-0.3, -0.25) is 9.59 Å². The molecule has 0 radical (unpaired) electrons. The molecule has 1 N–H and O–H groups in total. The van der Waals surface area contributed by atoms with Crippen molar-refractivity contribution in [2.45, 2.75) is 24.4 Å². The van der Waals surface area contributed by atoms with Crippen LogP contribution in [-0.2, 0) is 16.0 Å². The molecule has 0 unspecified atom stereocenters. The summed E-state index contributed by atoms with van der Waals surface area (Å²) in [5.74, 6) is -0.0202. The minimum absolute atomic E-state index is 0.0514. The van der Waals surface area contributed by atoms with Gasteiger partial charge in [-0.2, -0.15) is 0 Å². The number of rotatable bonds is 7. The highest BCUT2D eigenvalue weighted by atomic mass is 32.2. The molecule has 1 atom stereocenters. The van der Waals surface area contributed by atoms with Gasteiger partial charge >= 0.3 is 0 Å². The summed E-state index contributed by atoms with van der Waals surface area (Å²) in [6.07, 6.45) is 2.00. The van der Waals surface area contributed by atoms with E-state index < -0.39 is 6.04 Å². The molecule has 128 valence electrons. The first-order valence-electron chi connectivity index (χ1n) is 7.78. The first-order valence-corrected chi connectivity index (χ1v) is 9.65. The van der Waals surface area contributed by atoms with Crippen molar-refractivity contribution in [3.63, 3.8) is 0 Å². The summed E-state index contributed by atoms with van der Waals surface area (Å²) < 4.78 is 0. The summed E-state index contributed by atoms with van der Waals surface area (Å²) in [6.45, 7) is 1.50. The Labute approximate surface area is 153 Å². The summed E-state index contributed by atoms with van der Waals surface area (Å²) in [5, 5.41) is 6.52. The van der Waals surface area contributed by atoms with Gasteiger partial charge in [0.05, 0.1) is 11.8 Å².